The number of hydrogen-bond donors (Lipinski definition) is 0. The standard InChI is InChI=1S/C22H35N3O4S/c26-30(27,25-14-16-28-17-15-25)22-8-6-21(7-9-22)29-18-13-24-12-4-5-20(24)19-23-10-2-1-3-11-23/h6-9,20H,1-5,10-19H2. The van der Waals surface area contributed by atoms with Crippen LogP contribution in [0.25, 0.3) is 0 Å². The Balaban J connectivity index is 1.25. The van der Waals surface area contributed by atoms with E-state index in [1.165, 1.54) is 56.0 Å². The molecule has 3 aliphatic rings. The maximum atomic E-state index is 12.7. The summed E-state index contributed by atoms with van der Waals surface area (Å²) in [6, 6.07) is 7.47. The van der Waals surface area contributed by atoms with Crippen molar-refractivity contribution >= 4 is 10.0 Å². The van der Waals surface area contributed by atoms with Crippen molar-refractivity contribution in [1.82, 2.24) is 14.1 Å². The highest BCUT2D eigenvalue weighted by Gasteiger charge is 2.27. The largest absolute Gasteiger partial charge is 0.492 e. The SMILES string of the molecule is O=S(=O)(c1ccc(OCCN2CCCC2CN2CCCCC2)cc1)N1CCOCC1. The molecule has 8 heteroatoms. The van der Waals surface area contributed by atoms with Gasteiger partial charge in [-0.25, -0.2) is 8.42 Å². The van der Waals surface area contributed by atoms with Crippen LogP contribution in [0.2, 0.25) is 0 Å². The number of nitrogens with zero attached hydrogens (tertiary/aromatic N) is 3. The molecule has 0 spiro atoms. The number of morpholine rings is 1. The lowest BCUT2D eigenvalue weighted by Crippen LogP contribution is -2.43. The molecular weight excluding hydrogens is 402 g/mol. The highest BCUT2D eigenvalue weighted by atomic mass is 32.2. The van der Waals surface area contributed by atoms with Gasteiger partial charge in [0.2, 0.25) is 10.0 Å². The zero-order valence-corrected chi connectivity index (χ0v) is 18.7. The zero-order chi connectivity index (χ0) is 20.8. The number of hydrogen-bond acceptors (Lipinski definition) is 6. The van der Waals surface area contributed by atoms with Gasteiger partial charge in [0.05, 0.1) is 18.1 Å². The van der Waals surface area contributed by atoms with Crippen molar-refractivity contribution < 1.29 is 17.9 Å². The minimum Gasteiger partial charge on any atom is -0.492 e. The Morgan fingerprint density at radius 3 is 2.40 bits per heavy atom. The van der Waals surface area contributed by atoms with Gasteiger partial charge in [0.1, 0.15) is 12.4 Å². The van der Waals surface area contributed by atoms with Crippen LogP contribution in [0.15, 0.2) is 29.2 Å². The summed E-state index contributed by atoms with van der Waals surface area (Å²) >= 11 is 0. The van der Waals surface area contributed by atoms with E-state index in [2.05, 4.69) is 9.80 Å². The average Bonchev–Trinajstić information content (AvgIpc) is 3.22. The van der Waals surface area contributed by atoms with Crippen LogP contribution in [-0.2, 0) is 14.8 Å². The van der Waals surface area contributed by atoms with Crippen LogP contribution >= 0.6 is 0 Å². The average molecular weight is 438 g/mol. The van der Waals surface area contributed by atoms with Gasteiger partial charge in [-0.15, -0.1) is 0 Å². The predicted octanol–water partition coefficient (Wildman–Crippen LogP) is 2.04. The number of piperidine rings is 1. The van der Waals surface area contributed by atoms with Crippen molar-refractivity contribution in [1.29, 1.82) is 0 Å². The lowest BCUT2D eigenvalue weighted by molar-refractivity contribution is 0.0730. The minimum atomic E-state index is -3.45. The van der Waals surface area contributed by atoms with Crippen LogP contribution in [0, 0.1) is 0 Å². The molecule has 0 radical (unpaired) electrons. The molecule has 4 rings (SSSR count). The minimum absolute atomic E-state index is 0.317. The van der Waals surface area contributed by atoms with E-state index in [-0.39, 0.29) is 0 Å². The van der Waals surface area contributed by atoms with Crippen molar-refractivity contribution in [3.05, 3.63) is 24.3 Å². The number of benzene rings is 1. The number of rotatable bonds is 8. The smallest absolute Gasteiger partial charge is 0.243 e. The first-order valence-electron chi connectivity index (χ1n) is 11.4. The van der Waals surface area contributed by atoms with Gasteiger partial charge < -0.3 is 14.4 Å². The number of likely N-dealkylation sites (tertiary alicyclic amines) is 2. The summed E-state index contributed by atoms with van der Waals surface area (Å²) in [5.41, 5.74) is 0. The first-order chi connectivity index (χ1) is 14.6. The summed E-state index contributed by atoms with van der Waals surface area (Å²) in [7, 11) is -3.45. The van der Waals surface area contributed by atoms with E-state index >= 15 is 0 Å². The molecule has 1 atom stereocenters. The highest BCUT2D eigenvalue weighted by molar-refractivity contribution is 7.89. The van der Waals surface area contributed by atoms with Gasteiger partial charge in [0.15, 0.2) is 0 Å². The van der Waals surface area contributed by atoms with Gasteiger partial charge in [-0.3, -0.25) is 4.90 Å². The molecular formula is C22H35N3O4S. The maximum Gasteiger partial charge on any atom is 0.243 e. The molecule has 0 N–H and O–H groups in total. The Labute approximate surface area is 181 Å². The molecule has 3 heterocycles. The Morgan fingerprint density at radius 2 is 1.67 bits per heavy atom. The fourth-order valence-electron chi connectivity index (χ4n) is 4.76. The lowest BCUT2D eigenvalue weighted by atomic mass is 10.1. The maximum absolute atomic E-state index is 12.7. The van der Waals surface area contributed by atoms with Gasteiger partial charge in [-0.2, -0.15) is 4.31 Å². The second-order valence-electron chi connectivity index (χ2n) is 8.53. The van der Waals surface area contributed by atoms with Crippen LogP contribution in [0.5, 0.6) is 5.75 Å². The van der Waals surface area contributed by atoms with E-state index in [0.29, 0.717) is 43.8 Å². The monoisotopic (exact) mass is 437 g/mol. The molecule has 3 saturated heterocycles. The van der Waals surface area contributed by atoms with Gasteiger partial charge in [-0.05, 0) is 69.6 Å². The van der Waals surface area contributed by atoms with E-state index in [1.807, 2.05) is 0 Å². The van der Waals surface area contributed by atoms with Crippen molar-refractivity contribution in [3.8, 4) is 5.75 Å². The van der Waals surface area contributed by atoms with E-state index in [0.717, 1.165) is 18.8 Å². The topological polar surface area (TPSA) is 62.3 Å². The van der Waals surface area contributed by atoms with Gasteiger partial charge in [0.25, 0.3) is 0 Å². The molecule has 0 aromatic heterocycles. The Bertz CT molecular complexity index is 759. The van der Waals surface area contributed by atoms with E-state index < -0.39 is 10.0 Å². The molecule has 1 unspecified atom stereocenters. The highest BCUT2D eigenvalue weighted by Crippen LogP contribution is 2.22. The van der Waals surface area contributed by atoms with E-state index in [9.17, 15) is 8.42 Å². The van der Waals surface area contributed by atoms with Gasteiger partial charge >= 0.3 is 0 Å². The quantitative estimate of drug-likeness (QED) is 0.620. The lowest BCUT2D eigenvalue weighted by Gasteiger charge is -2.32. The van der Waals surface area contributed by atoms with Crippen LogP contribution in [0.1, 0.15) is 32.1 Å². The second-order valence-corrected chi connectivity index (χ2v) is 10.5. The molecule has 7 nitrogen and oxygen atoms in total. The molecule has 168 valence electrons. The van der Waals surface area contributed by atoms with Crippen molar-refractivity contribution in [2.45, 2.75) is 43.0 Å². The molecule has 3 fully saturated rings. The van der Waals surface area contributed by atoms with Crippen molar-refractivity contribution in [3.63, 3.8) is 0 Å². The fraction of sp³-hybridized carbons (Fsp3) is 0.727. The van der Waals surface area contributed by atoms with Gasteiger partial charge in [0, 0.05) is 32.2 Å². The normalized spacial score (nSPS) is 24.9. The third-order valence-corrected chi connectivity index (χ3v) is 8.41. The number of ether oxygens (including phenoxy) is 2. The summed E-state index contributed by atoms with van der Waals surface area (Å²) in [6.07, 6.45) is 6.61. The third-order valence-electron chi connectivity index (χ3n) is 6.50. The summed E-state index contributed by atoms with van der Waals surface area (Å²) in [6.45, 7) is 8.13. The summed E-state index contributed by atoms with van der Waals surface area (Å²) in [4.78, 5) is 5.50. The molecule has 1 aromatic rings. The molecule has 0 aliphatic carbocycles. The molecule has 0 amide bonds. The Hall–Kier alpha value is -1.19. The summed E-state index contributed by atoms with van der Waals surface area (Å²) in [5.74, 6) is 0.725. The number of sulfonamides is 1. The Kier molecular flexibility index (Phi) is 7.64. The van der Waals surface area contributed by atoms with Crippen molar-refractivity contribution in [2.24, 2.45) is 0 Å². The molecule has 30 heavy (non-hydrogen) atoms. The van der Waals surface area contributed by atoms with Gasteiger partial charge in [-0.1, -0.05) is 6.42 Å². The van der Waals surface area contributed by atoms with Crippen LogP contribution in [-0.4, -0.2) is 94.2 Å². The molecule has 3 aliphatic heterocycles. The summed E-state index contributed by atoms with van der Waals surface area (Å²) < 4.78 is 38.1. The first kappa shape index (κ1) is 22.0. The predicted molar refractivity (Wildman–Crippen MR) is 116 cm³/mol. The fourth-order valence-corrected chi connectivity index (χ4v) is 6.17. The summed E-state index contributed by atoms with van der Waals surface area (Å²) in [5, 5.41) is 0. The third kappa shape index (κ3) is 5.53. The Morgan fingerprint density at radius 1 is 0.933 bits per heavy atom. The molecule has 1 aromatic carbocycles. The molecule has 0 bridgehead atoms. The second kappa shape index (κ2) is 10.4. The van der Waals surface area contributed by atoms with Crippen LogP contribution in [0.3, 0.4) is 0 Å². The molecule has 0 saturated carbocycles. The van der Waals surface area contributed by atoms with Crippen LogP contribution < -0.4 is 4.74 Å². The zero-order valence-electron chi connectivity index (χ0n) is 17.9. The van der Waals surface area contributed by atoms with E-state index in [1.54, 1.807) is 24.3 Å². The first-order valence-corrected chi connectivity index (χ1v) is 12.8. The van der Waals surface area contributed by atoms with E-state index in [4.69, 9.17) is 9.47 Å². The van der Waals surface area contributed by atoms with Crippen molar-refractivity contribution in [2.75, 3.05) is 65.6 Å². The van der Waals surface area contributed by atoms with Crippen LogP contribution in [0.4, 0.5) is 0 Å².